The lowest BCUT2D eigenvalue weighted by molar-refractivity contribution is -0.138. The fourth-order valence-corrected chi connectivity index (χ4v) is 6.40. The highest BCUT2D eigenvalue weighted by molar-refractivity contribution is 5.98. The van der Waals surface area contributed by atoms with Crippen LogP contribution in [0.4, 0.5) is 0 Å². The molecule has 46 heavy (non-hydrogen) atoms. The van der Waals surface area contributed by atoms with Crippen molar-refractivity contribution in [2.45, 2.75) is 83.3 Å². The Morgan fingerprint density at radius 2 is 1.70 bits per heavy atom. The number of nitrogens with one attached hydrogen (secondary N) is 2. The van der Waals surface area contributed by atoms with E-state index >= 15 is 0 Å². The fourth-order valence-electron chi connectivity index (χ4n) is 6.40. The second kappa shape index (κ2) is 16.0. The first-order valence-corrected chi connectivity index (χ1v) is 16.9. The van der Waals surface area contributed by atoms with E-state index in [0.29, 0.717) is 75.3 Å². The molecule has 0 unspecified atom stereocenters. The van der Waals surface area contributed by atoms with Crippen molar-refractivity contribution >= 4 is 23.6 Å². The van der Waals surface area contributed by atoms with Gasteiger partial charge in [0.1, 0.15) is 12.1 Å². The molecule has 3 heterocycles. The zero-order chi connectivity index (χ0) is 32.5. The summed E-state index contributed by atoms with van der Waals surface area (Å²) < 4.78 is 12.0. The second-order valence-corrected chi connectivity index (χ2v) is 12.6. The van der Waals surface area contributed by atoms with Crippen molar-refractivity contribution in [3.8, 4) is 11.5 Å². The summed E-state index contributed by atoms with van der Waals surface area (Å²) in [6, 6.07) is 12.5. The number of hydrogen-bond acceptors (Lipinski definition) is 6. The lowest BCUT2D eigenvalue weighted by Gasteiger charge is -2.32. The zero-order valence-electron chi connectivity index (χ0n) is 27.2. The number of hydrogen-bond donors (Lipinski definition) is 2. The van der Waals surface area contributed by atoms with Crippen LogP contribution in [0.5, 0.6) is 11.5 Å². The number of rotatable bonds is 4. The van der Waals surface area contributed by atoms with Crippen LogP contribution in [0.25, 0.3) is 0 Å². The summed E-state index contributed by atoms with van der Waals surface area (Å²) in [4.78, 5) is 56.5. The van der Waals surface area contributed by atoms with E-state index in [9.17, 15) is 19.2 Å². The monoisotopic (exact) mass is 632 g/mol. The van der Waals surface area contributed by atoms with Gasteiger partial charge in [-0.1, -0.05) is 31.5 Å². The Bertz CT molecular complexity index is 1380. The van der Waals surface area contributed by atoms with Gasteiger partial charge in [-0.05, 0) is 80.3 Å². The minimum absolute atomic E-state index is 0.0277. The molecule has 0 aromatic heterocycles. The molecule has 2 N–H and O–H groups in total. The van der Waals surface area contributed by atoms with E-state index in [1.165, 1.54) is 0 Å². The maximum atomic E-state index is 13.7. The van der Waals surface area contributed by atoms with Crippen LogP contribution < -0.4 is 20.1 Å². The van der Waals surface area contributed by atoms with Gasteiger partial charge in [-0.25, -0.2) is 0 Å². The van der Waals surface area contributed by atoms with Crippen LogP contribution in [0.15, 0.2) is 42.5 Å². The smallest absolute Gasteiger partial charge is 0.254 e. The fraction of sp³-hybridized carbons (Fsp3) is 0.556. The quantitative estimate of drug-likeness (QED) is 0.528. The van der Waals surface area contributed by atoms with Gasteiger partial charge in [0, 0.05) is 50.5 Å². The molecule has 4 amide bonds. The highest BCUT2D eigenvalue weighted by Crippen LogP contribution is 2.33. The Balaban J connectivity index is 1.33. The van der Waals surface area contributed by atoms with Crippen LogP contribution in [0.1, 0.15) is 79.8 Å². The number of nitrogens with zero attached hydrogens (tertiary/aromatic N) is 2. The average Bonchev–Trinajstić information content (AvgIpc) is 3.47. The number of carbonyl (C=O) groups is 4. The van der Waals surface area contributed by atoms with Crippen LogP contribution in [0.3, 0.4) is 0 Å². The lowest BCUT2D eigenvalue weighted by atomic mass is 9.84. The Labute approximate surface area is 272 Å². The molecule has 10 heteroatoms. The minimum Gasteiger partial charge on any atom is -0.493 e. The molecule has 0 spiro atoms. The number of carbonyl (C=O) groups excluding carboxylic acids is 4. The van der Waals surface area contributed by atoms with Gasteiger partial charge in [-0.2, -0.15) is 0 Å². The number of amides is 4. The van der Waals surface area contributed by atoms with Crippen molar-refractivity contribution in [2.75, 3.05) is 39.8 Å². The van der Waals surface area contributed by atoms with Crippen molar-refractivity contribution in [3.05, 3.63) is 59.2 Å². The number of benzene rings is 2. The third-order valence-electron chi connectivity index (χ3n) is 9.44. The number of fused-ring (bicyclic) bond motifs is 15. The minimum atomic E-state index is -0.679. The molecule has 1 aliphatic carbocycles. The van der Waals surface area contributed by atoms with Gasteiger partial charge in [0.05, 0.1) is 13.7 Å². The van der Waals surface area contributed by atoms with Crippen LogP contribution in [0.2, 0.25) is 0 Å². The maximum Gasteiger partial charge on any atom is 0.254 e. The Hall–Kier alpha value is -4.08. The molecular weight excluding hydrogens is 584 g/mol. The summed E-state index contributed by atoms with van der Waals surface area (Å²) >= 11 is 0. The average molecular weight is 633 g/mol. The summed E-state index contributed by atoms with van der Waals surface area (Å²) in [7, 11) is 1.57. The Morgan fingerprint density at radius 3 is 2.41 bits per heavy atom. The number of aryl methyl sites for hydroxylation is 2. The number of ether oxygens (including phenoxy) is 2. The molecular formula is C36H48N4O6. The molecule has 1 saturated carbocycles. The summed E-state index contributed by atoms with van der Waals surface area (Å²) in [5.74, 6) is 0.946. The summed E-state index contributed by atoms with van der Waals surface area (Å²) in [5, 5.41) is 6.05. The van der Waals surface area contributed by atoms with Crippen molar-refractivity contribution in [1.82, 2.24) is 20.4 Å². The highest BCUT2D eigenvalue weighted by Gasteiger charge is 2.41. The molecule has 4 aliphatic rings. The van der Waals surface area contributed by atoms with Gasteiger partial charge in [0.25, 0.3) is 5.91 Å². The third-order valence-corrected chi connectivity index (χ3v) is 9.44. The molecule has 2 aromatic carbocycles. The molecule has 6 rings (SSSR count). The van der Waals surface area contributed by atoms with Gasteiger partial charge < -0.3 is 29.9 Å². The SMILES string of the molecule is CCc1ccc(C(=O)N2C[C@@H]3C[C@H]2C(=O)NCCCCN(C(=O)C2CCC2)CCCNC(=O)CCc2ccc(c(OC)c2)O3)cc1. The molecule has 4 bridgehead atoms. The van der Waals surface area contributed by atoms with Gasteiger partial charge in [0.2, 0.25) is 17.7 Å². The maximum absolute atomic E-state index is 13.7. The first-order chi connectivity index (χ1) is 22.4. The third kappa shape index (κ3) is 8.39. The first kappa shape index (κ1) is 33.3. The molecule has 248 valence electrons. The number of methoxy groups -OCH3 is 1. The molecule has 2 fully saturated rings. The van der Waals surface area contributed by atoms with Gasteiger partial charge in [-0.3, -0.25) is 19.2 Å². The van der Waals surface area contributed by atoms with Gasteiger partial charge >= 0.3 is 0 Å². The standard InChI is InChI=1S/C36H48N4O6/c1-3-25-10-14-28(15-11-25)36(44)40-24-29-23-30(40)34(42)38-18-4-5-20-39(35(43)27-8-6-9-27)21-7-19-37-33(41)17-13-26-12-16-31(46-29)32(22-26)45-2/h10-12,14-16,22,27,29-30H,3-9,13,17-21,23-24H2,1-2H3,(H,37,41)(H,38,42)/t29-,30-/m0/s1. The van der Waals surface area contributed by atoms with E-state index < -0.39 is 12.1 Å². The van der Waals surface area contributed by atoms with Crippen LogP contribution in [-0.4, -0.2) is 85.4 Å². The molecule has 2 aromatic rings. The van der Waals surface area contributed by atoms with Crippen LogP contribution in [-0.2, 0) is 27.2 Å². The van der Waals surface area contributed by atoms with Crippen molar-refractivity contribution < 1.29 is 28.7 Å². The molecule has 3 aliphatic heterocycles. The first-order valence-electron chi connectivity index (χ1n) is 16.9. The molecule has 10 nitrogen and oxygen atoms in total. The van der Waals surface area contributed by atoms with E-state index in [-0.39, 0.29) is 36.1 Å². The van der Waals surface area contributed by atoms with E-state index in [1.54, 1.807) is 12.0 Å². The second-order valence-electron chi connectivity index (χ2n) is 12.6. The van der Waals surface area contributed by atoms with Crippen molar-refractivity contribution in [1.29, 1.82) is 0 Å². The van der Waals surface area contributed by atoms with Gasteiger partial charge in [0.15, 0.2) is 11.5 Å². The Kier molecular flexibility index (Phi) is 11.5. The predicted molar refractivity (Wildman–Crippen MR) is 175 cm³/mol. The lowest BCUT2D eigenvalue weighted by Crippen LogP contribution is -2.46. The zero-order valence-corrected chi connectivity index (χ0v) is 27.2. The summed E-state index contributed by atoms with van der Waals surface area (Å²) in [6.45, 7) is 4.51. The molecule has 1 saturated heterocycles. The largest absolute Gasteiger partial charge is 0.493 e. The van der Waals surface area contributed by atoms with E-state index in [2.05, 4.69) is 17.6 Å². The predicted octanol–water partition coefficient (Wildman–Crippen LogP) is 3.90. The number of likely N-dealkylation sites (tertiary alicyclic amines) is 1. The van der Waals surface area contributed by atoms with Crippen LogP contribution in [0, 0.1) is 5.92 Å². The van der Waals surface area contributed by atoms with Crippen molar-refractivity contribution in [3.63, 3.8) is 0 Å². The van der Waals surface area contributed by atoms with E-state index in [4.69, 9.17) is 9.47 Å². The normalized spacial score (nSPS) is 22.0. The van der Waals surface area contributed by atoms with Crippen molar-refractivity contribution in [2.24, 2.45) is 5.92 Å². The summed E-state index contributed by atoms with van der Waals surface area (Å²) in [6.07, 6.45) is 6.82. The van der Waals surface area contributed by atoms with E-state index in [0.717, 1.165) is 43.2 Å². The van der Waals surface area contributed by atoms with Crippen LogP contribution >= 0.6 is 0 Å². The van der Waals surface area contributed by atoms with E-state index in [1.807, 2.05) is 47.4 Å². The molecule has 0 radical (unpaired) electrons. The topological polar surface area (TPSA) is 117 Å². The summed E-state index contributed by atoms with van der Waals surface area (Å²) in [5.41, 5.74) is 2.61. The highest BCUT2D eigenvalue weighted by atomic mass is 16.5. The Morgan fingerprint density at radius 1 is 0.935 bits per heavy atom. The molecule has 2 atom stereocenters. The van der Waals surface area contributed by atoms with Gasteiger partial charge in [-0.15, -0.1) is 0 Å².